The maximum Gasteiger partial charge on any atom is 0.223 e. The summed E-state index contributed by atoms with van der Waals surface area (Å²) in [5, 5.41) is 23.9. The molecule has 7 heteroatoms. The van der Waals surface area contributed by atoms with E-state index >= 15 is 0 Å². The molecule has 0 radical (unpaired) electrons. The molecule has 0 saturated heterocycles. The number of para-hydroxylation sites is 1. The lowest BCUT2D eigenvalue weighted by Gasteiger charge is -2.10. The van der Waals surface area contributed by atoms with E-state index in [9.17, 15) is 4.79 Å². The van der Waals surface area contributed by atoms with Crippen molar-refractivity contribution in [2.45, 2.75) is 19.9 Å². The first-order chi connectivity index (χ1) is 10.1. The van der Waals surface area contributed by atoms with Crippen LogP contribution in [0.15, 0.2) is 30.3 Å². The Kier molecular flexibility index (Phi) is 4.85. The molecule has 0 fully saturated rings. The summed E-state index contributed by atoms with van der Waals surface area (Å²) in [6.07, 6.45) is 0. The van der Waals surface area contributed by atoms with Gasteiger partial charge < -0.3 is 10.6 Å². The van der Waals surface area contributed by atoms with Crippen molar-refractivity contribution in [3.05, 3.63) is 35.3 Å². The summed E-state index contributed by atoms with van der Waals surface area (Å²) in [7, 11) is 0. The Morgan fingerprint density at radius 2 is 2.00 bits per heavy atom. The maximum atomic E-state index is 11.7. The van der Waals surface area contributed by atoms with E-state index in [1.165, 1.54) is 11.3 Å². The summed E-state index contributed by atoms with van der Waals surface area (Å²) in [4.78, 5) is 11.7. The van der Waals surface area contributed by atoms with Gasteiger partial charge in [0.15, 0.2) is 11.0 Å². The van der Waals surface area contributed by atoms with Gasteiger partial charge in [0, 0.05) is 11.6 Å². The van der Waals surface area contributed by atoms with Crippen LogP contribution in [0.4, 0.5) is 10.8 Å². The fraction of sp³-hybridized carbons (Fsp3) is 0.286. The fourth-order valence-corrected chi connectivity index (χ4v) is 2.26. The van der Waals surface area contributed by atoms with Crippen molar-refractivity contribution >= 4 is 28.1 Å². The summed E-state index contributed by atoms with van der Waals surface area (Å²) in [5.41, 5.74) is 0.889. The van der Waals surface area contributed by atoms with Crippen molar-refractivity contribution in [3.63, 3.8) is 0 Å². The molecule has 0 saturated carbocycles. The number of hydrogen-bond acceptors (Lipinski definition) is 6. The van der Waals surface area contributed by atoms with E-state index in [1.807, 2.05) is 36.4 Å². The van der Waals surface area contributed by atoms with E-state index in [-0.39, 0.29) is 11.8 Å². The fourth-order valence-electron chi connectivity index (χ4n) is 1.50. The molecule has 1 aromatic heterocycles. The molecule has 0 spiro atoms. The number of carbonyl (C=O) groups excluding carboxylic acids is 1. The number of amides is 1. The molecule has 2 N–H and O–H groups in total. The SMILES string of the molecule is CC(C)C(=O)N[C@@H](C#N)c1nnc(Nc2ccccc2)s1. The summed E-state index contributed by atoms with van der Waals surface area (Å²) in [6, 6.07) is 10.8. The van der Waals surface area contributed by atoms with Crippen molar-refractivity contribution in [3.8, 4) is 6.07 Å². The molecule has 0 aliphatic rings. The standard InChI is InChI=1S/C14H15N5OS/c1-9(2)12(20)17-11(8-15)13-18-19-14(21-13)16-10-6-4-3-5-7-10/h3-7,9,11H,1-2H3,(H,16,19)(H,17,20)/t11-/m0/s1. The number of nitrogens with zero attached hydrogens (tertiary/aromatic N) is 3. The molecule has 0 aliphatic carbocycles. The second kappa shape index (κ2) is 6.81. The van der Waals surface area contributed by atoms with Crippen molar-refractivity contribution in [1.82, 2.24) is 15.5 Å². The number of nitrogens with one attached hydrogen (secondary N) is 2. The summed E-state index contributed by atoms with van der Waals surface area (Å²) in [5.74, 6) is -0.370. The number of nitriles is 1. The average Bonchev–Trinajstić information content (AvgIpc) is 2.93. The van der Waals surface area contributed by atoms with Gasteiger partial charge in [-0.3, -0.25) is 4.79 Å². The van der Waals surface area contributed by atoms with Crippen molar-refractivity contribution in [2.24, 2.45) is 5.92 Å². The van der Waals surface area contributed by atoms with Crippen molar-refractivity contribution in [1.29, 1.82) is 5.26 Å². The molecule has 2 rings (SSSR count). The largest absolute Gasteiger partial charge is 0.334 e. The Morgan fingerprint density at radius 1 is 1.29 bits per heavy atom. The minimum atomic E-state index is -0.774. The van der Waals surface area contributed by atoms with Crippen LogP contribution in [-0.2, 0) is 4.79 Å². The molecule has 6 nitrogen and oxygen atoms in total. The molecule has 108 valence electrons. The highest BCUT2D eigenvalue weighted by Crippen LogP contribution is 2.24. The Labute approximate surface area is 126 Å². The van der Waals surface area contributed by atoms with Gasteiger partial charge in [-0.05, 0) is 12.1 Å². The van der Waals surface area contributed by atoms with Crippen LogP contribution >= 0.6 is 11.3 Å². The van der Waals surface area contributed by atoms with E-state index in [1.54, 1.807) is 13.8 Å². The van der Waals surface area contributed by atoms with Gasteiger partial charge in [-0.1, -0.05) is 43.4 Å². The maximum absolute atomic E-state index is 11.7. The normalized spacial score (nSPS) is 11.7. The Hall–Kier alpha value is -2.46. The highest BCUT2D eigenvalue weighted by molar-refractivity contribution is 7.15. The Bertz CT molecular complexity index is 647. The Balaban J connectivity index is 2.07. The molecular weight excluding hydrogens is 286 g/mol. The second-order valence-corrected chi connectivity index (χ2v) is 5.67. The third kappa shape index (κ3) is 4.00. The van der Waals surface area contributed by atoms with E-state index in [0.717, 1.165) is 5.69 Å². The lowest BCUT2D eigenvalue weighted by molar-refractivity contribution is -0.124. The van der Waals surface area contributed by atoms with E-state index in [2.05, 4.69) is 20.8 Å². The van der Waals surface area contributed by atoms with Crippen LogP contribution in [0.1, 0.15) is 24.9 Å². The third-order valence-corrected chi connectivity index (χ3v) is 3.56. The van der Waals surface area contributed by atoms with E-state index in [4.69, 9.17) is 5.26 Å². The minimum absolute atomic E-state index is 0.185. The minimum Gasteiger partial charge on any atom is -0.334 e. The molecule has 1 aromatic carbocycles. The first-order valence-corrected chi connectivity index (χ1v) is 7.27. The summed E-state index contributed by atoms with van der Waals surface area (Å²) < 4.78 is 0. The average molecular weight is 301 g/mol. The first kappa shape index (κ1) is 14.9. The molecule has 0 unspecified atom stereocenters. The number of hydrogen-bond donors (Lipinski definition) is 2. The zero-order chi connectivity index (χ0) is 15.2. The van der Waals surface area contributed by atoms with Crippen molar-refractivity contribution in [2.75, 3.05) is 5.32 Å². The quantitative estimate of drug-likeness (QED) is 0.886. The van der Waals surface area contributed by atoms with Gasteiger partial charge in [0.05, 0.1) is 6.07 Å². The van der Waals surface area contributed by atoms with Gasteiger partial charge in [0.25, 0.3) is 0 Å². The monoisotopic (exact) mass is 301 g/mol. The van der Waals surface area contributed by atoms with Gasteiger partial charge in [-0.2, -0.15) is 5.26 Å². The number of benzene rings is 1. The van der Waals surface area contributed by atoms with Gasteiger partial charge in [-0.25, -0.2) is 0 Å². The zero-order valence-corrected chi connectivity index (χ0v) is 12.5. The number of rotatable bonds is 5. The number of aromatic nitrogens is 2. The molecule has 1 heterocycles. The number of anilines is 2. The Morgan fingerprint density at radius 3 is 2.62 bits per heavy atom. The topological polar surface area (TPSA) is 90.7 Å². The molecule has 1 amide bonds. The second-order valence-electron chi connectivity index (χ2n) is 4.66. The molecule has 2 aromatic rings. The van der Waals surface area contributed by atoms with Gasteiger partial charge in [0.2, 0.25) is 11.0 Å². The van der Waals surface area contributed by atoms with Crippen LogP contribution in [0.25, 0.3) is 0 Å². The van der Waals surface area contributed by atoms with Crippen LogP contribution < -0.4 is 10.6 Å². The zero-order valence-electron chi connectivity index (χ0n) is 11.7. The van der Waals surface area contributed by atoms with Gasteiger partial charge >= 0.3 is 0 Å². The highest BCUT2D eigenvalue weighted by Gasteiger charge is 2.20. The van der Waals surface area contributed by atoms with Crippen LogP contribution in [0.5, 0.6) is 0 Å². The lowest BCUT2D eigenvalue weighted by atomic mass is 10.2. The highest BCUT2D eigenvalue weighted by atomic mass is 32.1. The molecule has 1 atom stereocenters. The molecule has 0 bridgehead atoms. The van der Waals surface area contributed by atoms with Gasteiger partial charge in [-0.15, -0.1) is 10.2 Å². The molecule has 21 heavy (non-hydrogen) atoms. The van der Waals surface area contributed by atoms with Crippen LogP contribution in [0.2, 0.25) is 0 Å². The predicted octanol–water partition coefficient (Wildman–Crippen LogP) is 2.62. The smallest absolute Gasteiger partial charge is 0.223 e. The van der Waals surface area contributed by atoms with E-state index < -0.39 is 6.04 Å². The predicted molar refractivity (Wildman–Crippen MR) is 81.0 cm³/mol. The van der Waals surface area contributed by atoms with Crippen molar-refractivity contribution < 1.29 is 4.79 Å². The third-order valence-electron chi connectivity index (χ3n) is 2.65. The summed E-state index contributed by atoms with van der Waals surface area (Å²) in [6.45, 7) is 3.54. The lowest BCUT2D eigenvalue weighted by Crippen LogP contribution is -2.31. The van der Waals surface area contributed by atoms with Gasteiger partial charge in [0.1, 0.15) is 0 Å². The number of carbonyl (C=O) groups is 1. The van der Waals surface area contributed by atoms with E-state index in [0.29, 0.717) is 10.1 Å². The first-order valence-electron chi connectivity index (χ1n) is 6.45. The molecular formula is C14H15N5OS. The van der Waals surface area contributed by atoms with Crippen LogP contribution in [-0.4, -0.2) is 16.1 Å². The summed E-state index contributed by atoms with van der Waals surface area (Å²) >= 11 is 1.24. The molecule has 0 aliphatic heterocycles. The van der Waals surface area contributed by atoms with Crippen LogP contribution in [0, 0.1) is 17.2 Å². The van der Waals surface area contributed by atoms with Crippen LogP contribution in [0.3, 0.4) is 0 Å².